The summed E-state index contributed by atoms with van der Waals surface area (Å²) in [6, 6.07) is 0. The van der Waals surface area contributed by atoms with Crippen molar-refractivity contribution >= 4 is 15.9 Å². The van der Waals surface area contributed by atoms with Crippen LogP contribution in [0.15, 0.2) is 35.8 Å². The Morgan fingerprint density at radius 3 is 2.31 bits per heavy atom. The highest BCUT2D eigenvalue weighted by atomic mass is 32.2. The van der Waals surface area contributed by atoms with Gasteiger partial charge in [-0.05, 0) is 19.1 Å². The number of rotatable bonds is 5. The van der Waals surface area contributed by atoms with Crippen LogP contribution >= 0.6 is 0 Å². The van der Waals surface area contributed by atoms with Gasteiger partial charge in [0.05, 0.1) is 4.91 Å². The molecule has 0 aliphatic heterocycles. The second-order valence-electron chi connectivity index (χ2n) is 3.43. The van der Waals surface area contributed by atoms with Crippen molar-refractivity contribution in [2.75, 3.05) is 0 Å². The van der Waals surface area contributed by atoms with E-state index in [1.54, 1.807) is 26.8 Å². The zero-order valence-electron chi connectivity index (χ0n) is 9.73. The molecule has 0 rings (SSSR count). The van der Waals surface area contributed by atoms with Gasteiger partial charge in [0.2, 0.25) is 5.91 Å². The minimum absolute atomic E-state index is 0.0130. The molecule has 16 heavy (non-hydrogen) atoms. The summed E-state index contributed by atoms with van der Waals surface area (Å²) in [5.41, 5.74) is 0. The van der Waals surface area contributed by atoms with Crippen molar-refractivity contribution in [1.29, 1.82) is 0 Å². The zero-order valence-corrected chi connectivity index (χ0v) is 10.5. The number of carbonyl (C=O) groups is 1. The fourth-order valence-corrected chi connectivity index (χ4v) is 2.03. The molecule has 5 heteroatoms. The normalized spacial score (nSPS) is 13.1. The molecule has 0 unspecified atom stereocenters. The minimum atomic E-state index is -3.79. The average Bonchev–Trinajstić information content (AvgIpc) is 2.16. The lowest BCUT2D eigenvalue weighted by atomic mass is 10.2. The molecule has 0 spiro atoms. The molecule has 0 saturated heterocycles. The summed E-state index contributed by atoms with van der Waals surface area (Å²) < 4.78 is 25.4. The number of hydrogen-bond acceptors (Lipinski definition) is 3. The van der Waals surface area contributed by atoms with E-state index in [9.17, 15) is 13.2 Å². The number of hydrogen-bond donors (Lipinski definition) is 1. The molecule has 0 bridgehead atoms. The van der Waals surface area contributed by atoms with E-state index >= 15 is 0 Å². The number of sulfonamides is 1. The van der Waals surface area contributed by atoms with E-state index in [2.05, 4.69) is 6.58 Å². The van der Waals surface area contributed by atoms with Crippen LogP contribution < -0.4 is 4.72 Å². The molecule has 0 aromatic rings. The van der Waals surface area contributed by atoms with Crippen LogP contribution in [0.1, 0.15) is 20.8 Å². The predicted octanol–water partition coefficient (Wildman–Crippen LogP) is 1.73. The first kappa shape index (κ1) is 14.6. The predicted molar refractivity (Wildman–Crippen MR) is 65.0 cm³/mol. The molecule has 0 atom stereocenters. The van der Waals surface area contributed by atoms with Crippen molar-refractivity contribution in [2.45, 2.75) is 20.8 Å². The zero-order chi connectivity index (χ0) is 12.8. The Hall–Kier alpha value is -1.36. The molecule has 1 N–H and O–H groups in total. The first-order valence-corrected chi connectivity index (χ1v) is 6.35. The Kier molecular flexibility index (Phi) is 5.74. The standard InChI is InChI=1S/C11H17NO3S/c1-5-7-10(8-6-2)16(14,15)12-11(13)9(3)4/h5-9H,1H2,2-4H3,(H,12,13)/b8-6-,10-7+. The summed E-state index contributed by atoms with van der Waals surface area (Å²) in [7, 11) is -3.79. The van der Waals surface area contributed by atoms with E-state index in [1.165, 1.54) is 18.2 Å². The van der Waals surface area contributed by atoms with Crippen LogP contribution in [0.4, 0.5) is 0 Å². The third kappa shape index (κ3) is 4.44. The van der Waals surface area contributed by atoms with E-state index in [4.69, 9.17) is 0 Å². The first-order valence-electron chi connectivity index (χ1n) is 4.87. The molecule has 0 aliphatic rings. The average molecular weight is 243 g/mol. The molecule has 4 nitrogen and oxygen atoms in total. The Bertz CT molecular complexity index is 417. The fourth-order valence-electron chi connectivity index (χ4n) is 0.824. The summed E-state index contributed by atoms with van der Waals surface area (Å²) in [5, 5.41) is 0. The number of amides is 1. The SMILES string of the molecule is C=C/C=C(\C=C/C)S(=O)(=O)NC(=O)C(C)C. The third-order valence-electron chi connectivity index (χ3n) is 1.68. The summed E-state index contributed by atoms with van der Waals surface area (Å²) in [4.78, 5) is 11.3. The van der Waals surface area contributed by atoms with E-state index in [0.717, 1.165) is 0 Å². The van der Waals surface area contributed by atoms with Gasteiger partial charge in [0.25, 0.3) is 10.0 Å². The summed E-state index contributed by atoms with van der Waals surface area (Å²) in [6.07, 6.45) is 5.66. The van der Waals surface area contributed by atoms with Crippen molar-refractivity contribution in [3.63, 3.8) is 0 Å². The monoisotopic (exact) mass is 243 g/mol. The largest absolute Gasteiger partial charge is 0.274 e. The fraction of sp³-hybridized carbons (Fsp3) is 0.364. The molecule has 0 radical (unpaired) electrons. The number of nitrogens with one attached hydrogen (secondary N) is 1. The van der Waals surface area contributed by atoms with Crippen LogP contribution in [0.25, 0.3) is 0 Å². The summed E-state index contributed by atoms with van der Waals surface area (Å²) >= 11 is 0. The Balaban J connectivity index is 5.10. The van der Waals surface area contributed by atoms with Gasteiger partial charge >= 0.3 is 0 Å². The molecule has 0 saturated carbocycles. The van der Waals surface area contributed by atoms with E-state index in [1.807, 2.05) is 4.72 Å². The van der Waals surface area contributed by atoms with Gasteiger partial charge in [-0.25, -0.2) is 13.1 Å². The number of carbonyl (C=O) groups excluding carboxylic acids is 1. The van der Waals surface area contributed by atoms with Gasteiger partial charge in [-0.3, -0.25) is 4.79 Å². The van der Waals surface area contributed by atoms with Gasteiger partial charge in [-0.1, -0.05) is 32.6 Å². The maximum absolute atomic E-state index is 11.7. The van der Waals surface area contributed by atoms with Gasteiger partial charge in [0.15, 0.2) is 0 Å². The van der Waals surface area contributed by atoms with E-state index in [0.29, 0.717) is 0 Å². The molecule has 90 valence electrons. The van der Waals surface area contributed by atoms with Gasteiger partial charge in [-0.2, -0.15) is 0 Å². The molecule has 0 aromatic carbocycles. The smallest absolute Gasteiger partial charge is 0.264 e. The van der Waals surface area contributed by atoms with Crippen LogP contribution in [0.2, 0.25) is 0 Å². The Morgan fingerprint density at radius 1 is 1.38 bits per heavy atom. The Labute approximate surface area is 96.8 Å². The van der Waals surface area contributed by atoms with E-state index in [-0.39, 0.29) is 10.8 Å². The van der Waals surface area contributed by atoms with Crippen molar-refractivity contribution in [3.05, 3.63) is 35.8 Å². The lowest BCUT2D eigenvalue weighted by molar-refractivity contribution is -0.122. The van der Waals surface area contributed by atoms with Crippen LogP contribution in [-0.2, 0) is 14.8 Å². The van der Waals surface area contributed by atoms with Crippen molar-refractivity contribution in [3.8, 4) is 0 Å². The van der Waals surface area contributed by atoms with Crippen molar-refractivity contribution < 1.29 is 13.2 Å². The molecule has 1 amide bonds. The van der Waals surface area contributed by atoms with Gasteiger partial charge in [0.1, 0.15) is 0 Å². The minimum Gasteiger partial charge on any atom is -0.274 e. The maximum Gasteiger partial charge on any atom is 0.264 e. The van der Waals surface area contributed by atoms with Crippen LogP contribution in [0, 0.1) is 5.92 Å². The Morgan fingerprint density at radius 2 is 1.94 bits per heavy atom. The highest BCUT2D eigenvalue weighted by molar-refractivity contribution is 7.94. The number of allylic oxidation sites excluding steroid dienone is 4. The topological polar surface area (TPSA) is 63.2 Å². The van der Waals surface area contributed by atoms with Crippen LogP contribution in [0.5, 0.6) is 0 Å². The second kappa shape index (κ2) is 6.27. The van der Waals surface area contributed by atoms with Gasteiger partial charge in [-0.15, -0.1) is 0 Å². The maximum atomic E-state index is 11.7. The molecular weight excluding hydrogens is 226 g/mol. The summed E-state index contributed by atoms with van der Waals surface area (Å²) in [5.74, 6) is -0.912. The first-order chi connectivity index (χ1) is 7.35. The van der Waals surface area contributed by atoms with Crippen molar-refractivity contribution in [2.24, 2.45) is 5.92 Å². The molecule has 0 aliphatic carbocycles. The highest BCUT2D eigenvalue weighted by Crippen LogP contribution is 2.08. The molecule has 0 fully saturated rings. The quantitative estimate of drug-likeness (QED) is 0.748. The molecule has 0 heterocycles. The van der Waals surface area contributed by atoms with Crippen LogP contribution in [-0.4, -0.2) is 14.3 Å². The van der Waals surface area contributed by atoms with E-state index < -0.39 is 15.9 Å². The van der Waals surface area contributed by atoms with Gasteiger partial charge < -0.3 is 0 Å². The van der Waals surface area contributed by atoms with Crippen molar-refractivity contribution in [1.82, 2.24) is 4.72 Å². The summed E-state index contributed by atoms with van der Waals surface area (Å²) in [6.45, 7) is 8.36. The molecular formula is C11H17NO3S. The van der Waals surface area contributed by atoms with Crippen LogP contribution in [0.3, 0.4) is 0 Å². The third-order valence-corrected chi connectivity index (χ3v) is 3.05. The highest BCUT2D eigenvalue weighted by Gasteiger charge is 2.19. The lowest BCUT2D eigenvalue weighted by Crippen LogP contribution is -2.34. The molecule has 0 aromatic heterocycles. The second-order valence-corrected chi connectivity index (χ2v) is 5.11. The van der Waals surface area contributed by atoms with Gasteiger partial charge in [0, 0.05) is 5.92 Å². The lowest BCUT2D eigenvalue weighted by Gasteiger charge is -2.09.